The predicted molar refractivity (Wildman–Crippen MR) is 129 cm³/mol. The Hall–Kier alpha value is -4.48. The molecule has 1 aliphatic carbocycles. The van der Waals surface area contributed by atoms with Crippen molar-refractivity contribution >= 4 is 34.3 Å². The minimum Gasteiger partial charge on any atom is -0.494 e. The fourth-order valence-corrected chi connectivity index (χ4v) is 4.22. The highest BCUT2D eigenvalue weighted by Crippen LogP contribution is 2.56. The van der Waals surface area contributed by atoms with Gasteiger partial charge < -0.3 is 25.1 Å². The molecule has 3 heterocycles. The van der Waals surface area contributed by atoms with Crippen LogP contribution in [0.2, 0.25) is 0 Å². The number of aromatic amines is 1. The molecule has 5 rings (SSSR count). The molecule has 4 aromatic rings. The smallest absolute Gasteiger partial charge is 0.247 e. The number of halogens is 2. The maximum atomic E-state index is 15.3. The Morgan fingerprint density at radius 3 is 2.53 bits per heavy atom. The molecule has 12 heteroatoms. The number of amides is 1. The summed E-state index contributed by atoms with van der Waals surface area (Å²) >= 11 is 0. The molecule has 0 radical (unpaired) electrons. The molecular weight excluding hydrogens is 472 g/mol. The molecule has 0 bridgehead atoms. The van der Waals surface area contributed by atoms with Crippen LogP contribution in [0.3, 0.4) is 0 Å². The number of anilines is 3. The number of nitrogens with one attached hydrogen (secondary N) is 3. The number of rotatable bonds is 8. The van der Waals surface area contributed by atoms with E-state index in [1.165, 1.54) is 25.0 Å². The van der Waals surface area contributed by atoms with Crippen molar-refractivity contribution < 1.29 is 23.0 Å². The molecule has 1 saturated carbocycles. The maximum Gasteiger partial charge on any atom is 0.247 e. The molecule has 1 fully saturated rings. The zero-order chi connectivity index (χ0) is 25.6. The first kappa shape index (κ1) is 23.3. The van der Waals surface area contributed by atoms with Gasteiger partial charge in [-0.05, 0) is 18.9 Å². The number of aromatic nitrogens is 5. The van der Waals surface area contributed by atoms with Gasteiger partial charge in [-0.2, -0.15) is 5.10 Å². The van der Waals surface area contributed by atoms with Crippen molar-refractivity contribution in [3.05, 3.63) is 60.2 Å². The fraction of sp³-hybridized carbons (Fsp3) is 0.250. The van der Waals surface area contributed by atoms with Crippen molar-refractivity contribution in [1.29, 1.82) is 0 Å². The number of aryl methyl sites for hydroxylation is 1. The number of carbonyl (C=O) groups is 1. The van der Waals surface area contributed by atoms with E-state index in [1.54, 1.807) is 25.5 Å². The number of pyridine rings is 1. The van der Waals surface area contributed by atoms with Crippen LogP contribution in [-0.2, 0) is 17.3 Å². The molecule has 0 unspecified atom stereocenters. The van der Waals surface area contributed by atoms with Crippen LogP contribution in [0.15, 0.2) is 37.2 Å². The summed E-state index contributed by atoms with van der Waals surface area (Å²) in [5.74, 6) is -0.935. The minimum atomic E-state index is -0.980. The summed E-state index contributed by atoms with van der Waals surface area (Å²) in [4.78, 5) is 23.9. The number of H-pyrrole nitrogens is 1. The monoisotopic (exact) mass is 495 g/mol. The van der Waals surface area contributed by atoms with Crippen molar-refractivity contribution in [3.8, 4) is 11.5 Å². The van der Waals surface area contributed by atoms with Crippen molar-refractivity contribution in [2.75, 3.05) is 24.9 Å². The van der Waals surface area contributed by atoms with Crippen molar-refractivity contribution in [1.82, 2.24) is 24.7 Å². The fourth-order valence-electron chi connectivity index (χ4n) is 4.22. The number of nitrogens with zero attached hydrogens (tertiary/aromatic N) is 4. The highest BCUT2D eigenvalue weighted by molar-refractivity contribution is 6.00. The molecule has 0 spiro atoms. The average molecular weight is 495 g/mol. The quantitative estimate of drug-likeness (QED) is 0.317. The molecule has 36 heavy (non-hydrogen) atoms. The first-order valence-electron chi connectivity index (χ1n) is 11.0. The molecule has 10 nitrogen and oxygen atoms in total. The number of methoxy groups -OCH3 is 2. The molecule has 3 aromatic heterocycles. The van der Waals surface area contributed by atoms with Gasteiger partial charge in [-0.25, -0.2) is 18.7 Å². The lowest BCUT2D eigenvalue weighted by Gasteiger charge is -2.18. The van der Waals surface area contributed by atoms with Crippen LogP contribution in [-0.4, -0.2) is 44.9 Å². The van der Waals surface area contributed by atoms with Crippen LogP contribution in [0.1, 0.15) is 24.2 Å². The third-order valence-electron chi connectivity index (χ3n) is 6.14. The van der Waals surface area contributed by atoms with E-state index in [0.29, 0.717) is 47.0 Å². The average Bonchev–Trinajstić information content (AvgIpc) is 3.42. The lowest BCUT2D eigenvalue weighted by molar-refractivity contribution is -0.111. The van der Waals surface area contributed by atoms with E-state index in [2.05, 4.69) is 37.3 Å². The predicted octanol–water partition coefficient (Wildman–Crippen LogP) is 3.93. The van der Waals surface area contributed by atoms with Gasteiger partial charge in [0.15, 0.2) is 29.0 Å². The Balaban J connectivity index is 1.51. The standard InChI is InChI=1S/C24H23F2N7O3/c1-5-18(34)28-14-11-33(2)32-22(14)31-17-8-12-13(10-27-17)30-23(29-12)24(6-7-24)19-20(25)15(35-3)9-16(36-4)21(19)26/h5,8-11H,1,6-7H2,2-4H3,(H,28,34)(H,29,30)(H,27,31,32). The van der Waals surface area contributed by atoms with Crippen LogP contribution in [0.4, 0.5) is 26.1 Å². The SMILES string of the molecule is C=CC(=O)Nc1cn(C)nc1Nc1cc2nc(C3(c4c(F)c(OC)cc(OC)c4F)CC3)[nH]c2cn1. The minimum absolute atomic E-state index is 0.103. The van der Waals surface area contributed by atoms with Crippen LogP contribution >= 0.6 is 0 Å². The summed E-state index contributed by atoms with van der Waals surface area (Å²) < 4.78 is 42.3. The van der Waals surface area contributed by atoms with E-state index < -0.39 is 17.0 Å². The second-order valence-corrected chi connectivity index (χ2v) is 8.42. The van der Waals surface area contributed by atoms with Gasteiger partial charge in [0.25, 0.3) is 0 Å². The molecule has 1 aliphatic rings. The maximum absolute atomic E-state index is 15.3. The summed E-state index contributed by atoms with van der Waals surface area (Å²) in [5.41, 5.74) is 0.462. The Morgan fingerprint density at radius 1 is 1.22 bits per heavy atom. The van der Waals surface area contributed by atoms with Gasteiger partial charge in [-0.3, -0.25) is 9.48 Å². The molecule has 1 aromatic carbocycles. The van der Waals surface area contributed by atoms with Gasteiger partial charge in [0.1, 0.15) is 17.3 Å². The summed E-state index contributed by atoms with van der Waals surface area (Å²) in [5, 5.41) is 10.0. The van der Waals surface area contributed by atoms with Gasteiger partial charge in [0.05, 0.1) is 43.1 Å². The van der Waals surface area contributed by atoms with Crippen molar-refractivity contribution in [3.63, 3.8) is 0 Å². The molecule has 3 N–H and O–H groups in total. The number of fused-ring (bicyclic) bond motifs is 1. The summed E-state index contributed by atoms with van der Waals surface area (Å²) in [6.45, 7) is 3.45. The van der Waals surface area contributed by atoms with Crippen LogP contribution in [0, 0.1) is 11.6 Å². The largest absolute Gasteiger partial charge is 0.494 e. The van der Waals surface area contributed by atoms with E-state index in [0.717, 1.165) is 6.08 Å². The van der Waals surface area contributed by atoms with E-state index in [1.807, 2.05) is 0 Å². The highest BCUT2D eigenvalue weighted by Gasteiger charge is 2.53. The van der Waals surface area contributed by atoms with Crippen molar-refractivity contribution in [2.45, 2.75) is 18.3 Å². The van der Waals surface area contributed by atoms with Gasteiger partial charge >= 0.3 is 0 Å². The third kappa shape index (κ3) is 3.80. The summed E-state index contributed by atoms with van der Waals surface area (Å²) in [6, 6.07) is 2.87. The number of ether oxygens (including phenoxy) is 2. The summed E-state index contributed by atoms with van der Waals surface area (Å²) in [7, 11) is 4.35. The third-order valence-corrected chi connectivity index (χ3v) is 6.14. The molecule has 0 atom stereocenters. The van der Waals surface area contributed by atoms with Crippen LogP contribution in [0.25, 0.3) is 11.0 Å². The summed E-state index contributed by atoms with van der Waals surface area (Å²) in [6.07, 6.45) is 5.35. The lowest BCUT2D eigenvalue weighted by atomic mass is 9.93. The Morgan fingerprint density at radius 2 is 1.92 bits per heavy atom. The molecular formula is C24H23F2N7O3. The Bertz CT molecular complexity index is 1480. The van der Waals surface area contributed by atoms with E-state index in [4.69, 9.17) is 9.47 Å². The zero-order valence-corrected chi connectivity index (χ0v) is 19.8. The second-order valence-electron chi connectivity index (χ2n) is 8.42. The number of carbonyl (C=O) groups excluding carboxylic acids is 1. The molecule has 186 valence electrons. The molecule has 0 saturated heterocycles. The number of hydrogen-bond acceptors (Lipinski definition) is 7. The van der Waals surface area contributed by atoms with Gasteiger partial charge in [0, 0.05) is 24.7 Å². The van der Waals surface area contributed by atoms with E-state index in [-0.39, 0.29) is 23.0 Å². The lowest BCUT2D eigenvalue weighted by Crippen LogP contribution is -2.17. The van der Waals surface area contributed by atoms with Crippen LogP contribution in [0.5, 0.6) is 11.5 Å². The molecule has 0 aliphatic heterocycles. The van der Waals surface area contributed by atoms with E-state index >= 15 is 8.78 Å². The Labute approximate surface area is 204 Å². The first-order chi connectivity index (χ1) is 17.3. The Kier molecular flexibility index (Phi) is 5.58. The van der Waals surface area contributed by atoms with E-state index in [9.17, 15) is 4.79 Å². The number of imidazole rings is 1. The zero-order valence-electron chi connectivity index (χ0n) is 19.8. The number of hydrogen-bond donors (Lipinski definition) is 3. The second kappa shape index (κ2) is 8.63. The molecule has 1 amide bonds. The highest BCUT2D eigenvalue weighted by atomic mass is 19.1. The van der Waals surface area contributed by atoms with Gasteiger partial charge in [-0.15, -0.1) is 0 Å². The van der Waals surface area contributed by atoms with Crippen molar-refractivity contribution in [2.24, 2.45) is 7.05 Å². The van der Waals surface area contributed by atoms with Crippen LogP contribution < -0.4 is 20.1 Å². The normalized spacial score (nSPS) is 13.9. The van der Waals surface area contributed by atoms with Gasteiger partial charge in [0.2, 0.25) is 5.91 Å². The first-order valence-corrected chi connectivity index (χ1v) is 11.0. The van der Waals surface area contributed by atoms with Gasteiger partial charge in [-0.1, -0.05) is 6.58 Å². The number of benzene rings is 1. The topological polar surface area (TPSA) is 119 Å².